The van der Waals surface area contributed by atoms with Crippen LogP contribution in [0.15, 0.2) is 65.1 Å². The maximum Gasteiger partial charge on any atom is 0.216 e. The third-order valence-electron chi connectivity index (χ3n) is 6.82. The van der Waals surface area contributed by atoms with Crippen molar-refractivity contribution in [3.05, 3.63) is 94.5 Å². The number of benzene rings is 3. The Morgan fingerprint density at radius 3 is 2.20 bits per heavy atom. The molecule has 0 spiro atoms. The first-order valence-corrected chi connectivity index (χ1v) is 12.0. The maximum absolute atomic E-state index is 8.65. The Morgan fingerprint density at radius 2 is 1.54 bits per heavy atom. The first-order chi connectivity index (χ1) is 17.6. The van der Waals surface area contributed by atoms with Crippen molar-refractivity contribution in [2.24, 2.45) is 13.0 Å². The molecule has 5 rings (SSSR count). The number of pyridine rings is 1. The molecule has 0 aliphatic heterocycles. The fourth-order valence-electron chi connectivity index (χ4n) is 4.87. The third kappa shape index (κ3) is 3.80. The van der Waals surface area contributed by atoms with E-state index in [-0.39, 0.29) is 5.92 Å². The molecule has 2 heterocycles. The van der Waals surface area contributed by atoms with Crippen LogP contribution in [0.4, 0.5) is 5.69 Å². The van der Waals surface area contributed by atoms with Crippen LogP contribution in [-0.2, 0) is 13.4 Å². The summed E-state index contributed by atoms with van der Waals surface area (Å²) >= 11 is 0. The molecule has 3 aromatic carbocycles. The number of rotatable bonds is 4. The molecule has 0 atom stereocenters. The second kappa shape index (κ2) is 8.71. The highest BCUT2D eigenvalue weighted by Gasteiger charge is 2.24. The van der Waals surface area contributed by atoms with Gasteiger partial charge in [-0.15, -0.1) is 0 Å². The number of furan rings is 1. The van der Waals surface area contributed by atoms with E-state index >= 15 is 0 Å². The minimum Gasteiger partial charge on any atom is -0.456 e. The topological polar surface area (TPSA) is 21.4 Å². The van der Waals surface area contributed by atoms with Crippen LogP contribution in [0.3, 0.4) is 0 Å². The van der Waals surface area contributed by atoms with Gasteiger partial charge in [0.25, 0.3) is 0 Å². The van der Waals surface area contributed by atoms with E-state index in [2.05, 4.69) is 47.5 Å². The zero-order valence-corrected chi connectivity index (χ0v) is 21.2. The van der Waals surface area contributed by atoms with Gasteiger partial charge in [-0.2, -0.15) is 4.57 Å². The van der Waals surface area contributed by atoms with Gasteiger partial charge in [-0.1, -0.05) is 67.9 Å². The maximum atomic E-state index is 8.65. The van der Waals surface area contributed by atoms with Crippen molar-refractivity contribution in [2.45, 2.75) is 41.0 Å². The van der Waals surface area contributed by atoms with Crippen molar-refractivity contribution in [3.8, 4) is 22.4 Å². The number of aromatic nitrogens is 1. The number of fused-ring (bicyclic) bond motifs is 3. The summed E-state index contributed by atoms with van der Waals surface area (Å²) in [5, 5.41) is 1.98. The van der Waals surface area contributed by atoms with Crippen molar-refractivity contribution in [1.29, 1.82) is 0 Å². The summed E-state index contributed by atoms with van der Waals surface area (Å²) in [6.45, 7) is 17.7. The lowest BCUT2D eigenvalue weighted by Gasteiger charge is -2.11. The molecule has 0 aliphatic carbocycles. The SMILES string of the molecule is [2H]C([2H])(c1ccc(-c2c(C)ccc3c2oc2c(-c4ccc(C)cc4)c([N+]#[C-])ccc23)[n+](C)c1C)C(C)C. The fourth-order valence-corrected chi connectivity index (χ4v) is 4.87. The Hall–Kier alpha value is -3.90. The van der Waals surface area contributed by atoms with E-state index in [9.17, 15) is 0 Å². The van der Waals surface area contributed by atoms with Gasteiger partial charge in [-0.3, -0.25) is 0 Å². The van der Waals surface area contributed by atoms with Crippen molar-refractivity contribution in [2.75, 3.05) is 0 Å². The first kappa shape index (κ1) is 20.5. The molecule has 0 fully saturated rings. The highest BCUT2D eigenvalue weighted by molar-refractivity contribution is 6.15. The summed E-state index contributed by atoms with van der Waals surface area (Å²) in [7, 11) is 1.99. The van der Waals surface area contributed by atoms with Crippen LogP contribution in [0.2, 0.25) is 0 Å². The van der Waals surface area contributed by atoms with Gasteiger partial charge in [0.1, 0.15) is 18.2 Å². The molecule has 174 valence electrons. The van der Waals surface area contributed by atoms with E-state index in [1.54, 1.807) is 0 Å². The molecule has 0 radical (unpaired) electrons. The van der Waals surface area contributed by atoms with E-state index in [4.69, 9.17) is 13.7 Å². The van der Waals surface area contributed by atoms with Crippen LogP contribution in [0.5, 0.6) is 0 Å². The summed E-state index contributed by atoms with van der Waals surface area (Å²) in [6.07, 6.45) is -1.43. The molecule has 0 N–H and O–H groups in total. The summed E-state index contributed by atoms with van der Waals surface area (Å²) in [5.74, 6) is -0.144. The van der Waals surface area contributed by atoms with Crippen LogP contribution in [-0.4, -0.2) is 0 Å². The molecule has 3 heteroatoms. The van der Waals surface area contributed by atoms with E-state index in [0.29, 0.717) is 16.8 Å². The van der Waals surface area contributed by atoms with Gasteiger partial charge in [0.2, 0.25) is 5.69 Å². The monoisotopic (exact) mass is 461 g/mol. The van der Waals surface area contributed by atoms with Crippen molar-refractivity contribution < 1.29 is 11.7 Å². The Bertz CT molecular complexity index is 1720. The minimum absolute atomic E-state index is 0.144. The highest BCUT2D eigenvalue weighted by Crippen LogP contribution is 2.44. The minimum atomic E-state index is -1.43. The van der Waals surface area contributed by atoms with Crippen molar-refractivity contribution >= 4 is 27.6 Å². The van der Waals surface area contributed by atoms with Crippen LogP contribution >= 0.6 is 0 Å². The molecule has 0 unspecified atom stereocenters. The second-order valence-electron chi connectivity index (χ2n) is 9.63. The van der Waals surface area contributed by atoms with Gasteiger partial charge < -0.3 is 4.42 Å². The van der Waals surface area contributed by atoms with Crippen molar-refractivity contribution in [3.63, 3.8) is 0 Å². The predicted octanol–water partition coefficient (Wildman–Crippen LogP) is 8.42. The Morgan fingerprint density at radius 1 is 0.886 bits per heavy atom. The smallest absolute Gasteiger partial charge is 0.216 e. The Kier molecular flexibility index (Phi) is 5.09. The lowest BCUT2D eigenvalue weighted by molar-refractivity contribution is -0.667. The summed E-state index contributed by atoms with van der Waals surface area (Å²) < 4.78 is 26.0. The second-order valence-corrected chi connectivity index (χ2v) is 9.63. The van der Waals surface area contributed by atoms with E-state index < -0.39 is 6.37 Å². The van der Waals surface area contributed by atoms with Gasteiger partial charge in [0.05, 0.1) is 12.1 Å². The average Bonchev–Trinajstić information content (AvgIpc) is 3.24. The molecule has 35 heavy (non-hydrogen) atoms. The number of aryl methyl sites for hydroxylation is 2. The quantitative estimate of drug-likeness (QED) is 0.194. The molecule has 2 aromatic heterocycles. The van der Waals surface area contributed by atoms with Crippen LogP contribution < -0.4 is 4.57 Å². The molecule has 0 saturated carbocycles. The van der Waals surface area contributed by atoms with Gasteiger partial charge in [0.15, 0.2) is 11.4 Å². The Balaban J connectivity index is 1.82. The largest absolute Gasteiger partial charge is 0.456 e. The molecule has 3 nitrogen and oxygen atoms in total. The van der Waals surface area contributed by atoms with E-state index in [0.717, 1.165) is 55.6 Å². The molecular weight excluding hydrogens is 428 g/mol. The molecule has 0 aliphatic rings. The van der Waals surface area contributed by atoms with Crippen LogP contribution in [0.1, 0.15) is 39.0 Å². The molecule has 0 amide bonds. The summed E-state index contributed by atoms with van der Waals surface area (Å²) in [6, 6.07) is 20.2. The average molecular weight is 462 g/mol. The lowest BCUT2D eigenvalue weighted by Crippen LogP contribution is -2.36. The highest BCUT2D eigenvalue weighted by atomic mass is 16.3. The zero-order valence-electron chi connectivity index (χ0n) is 23.2. The van der Waals surface area contributed by atoms with Crippen molar-refractivity contribution in [1.82, 2.24) is 0 Å². The van der Waals surface area contributed by atoms with Gasteiger partial charge in [0, 0.05) is 37.6 Å². The molecule has 0 saturated heterocycles. The summed E-state index contributed by atoms with van der Waals surface area (Å²) in [5.41, 5.74) is 9.60. The van der Waals surface area contributed by atoms with Crippen LogP contribution in [0.25, 0.3) is 49.2 Å². The third-order valence-corrected chi connectivity index (χ3v) is 6.82. The fraction of sp³-hybridized carbons (Fsp3) is 0.250. The lowest BCUT2D eigenvalue weighted by atomic mass is 9.96. The van der Waals surface area contributed by atoms with E-state index in [1.807, 2.05) is 64.2 Å². The van der Waals surface area contributed by atoms with Crippen LogP contribution in [0, 0.1) is 33.3 Å². The predicted molar refractivity (Wildman–Crippen MR) is 145 cm³/mol. The first-order valence-electron chi connectivity index (χ1n) is 13.0. The van der Waals surface area contributed by atoms with Gasteiger partial charge in [-0.25, -0.2) is 4.85 Å². The molecule has 0 bridgehead atoms. The molecular formula is C32H31N2O+. The number of hydrogen-bond donors (Lipinski definition) is 0. The Labute approximate surface area is 210 Å². The normalized spacial score (nSPS) is 12.7. The van der Waals surface area contributed by atoms with Gasteiger partial charge >= 0.3 is 0 Å². The van der Waals surface area contributed by atoms with E-state index in [1.165, 1.54) is 0 Å². The standard InChI is InChI=1S/C32H31N2O/c1-19(2)18-24-13-17-28(34(7)22(24)5)29-21(4)10-14-25-26-15-16-27(33-6)30(32(26)35-31(25)29)23-11-8-20(3)9-12-23/h8-17,19H,18H2,1-5,7H3/q+1/i18D2. The number of nitrogens with zero attached hydrogens (tertiary/aromatic N) is 2. The number of hydrogen-bond acceptors (Lipinski definition) is 1. The zero-order chi connectivity index (χ0) is 26.6. The molecule has 5 aromatic rings. The summed E-state index contributed by atoms with van der Waals surface area (Å²) in [4.78, 5) is 3.81. The van der Waals surface area contributed by atoms with Gasteiger partial charge in [-0.05, 0) is 43.3 Å².